The minimum absolute atomic E-state index is 0.0527. The summed E-state index contributed by atoms with van der Waals surface area (Å²) >= 11 is 0. The number of anilines is 2. The van der Waals surface area contributed by atoms with E-state index in [0.29, 0.717) is 67.5 Å². The Balaban J connectivity index is 0.739. The number of para-hydroxylation sites is 1. The van der Waals surface area contributed by atoms with Crippen LogP contribution in [-0.2, 0) is 20.7 Å². The summed E-state index contributed by atoms with van der Waals surface area (Å²) in [4.78, 5) is 62.6. The SMILES string of the molecule is C#Cc1ccc(C(C)NC(=O)C2CCCN2C(=O)C(OC(=O)N2CC3(CC(N4CCC(c5cnc(N6CCc7[nH]c(N)c(/C=C(\N)c8ccccc8O)c7C6C)nc5)CC4)C3)C2)C(C)(C)C)cc1. The largest absolute Gasteiger partial charge is 0.507 e. The Labute approximate surface area is 399 Å². The van der Waals surface area contributed by atoms with Crippen molar-refractivity contribution in [1.82, 2.24) is 35.0 Å². The zero-order valence-electron chi connectivity index (χ0n) is 40.0. The van der Waals surface area contributed by atoms with E-state index in [4.69, 9.17) is 32.6 Å². The minimum Gasteiger partial charge on any atom is -0.507 e. The minimum atomic E-state index is -1.02. The number of carbonyl (C=O) groups excluding carboxylic acids is 3. The molecule has 68 heavy (non-hydrogen) atoms. The number of nitrogens with one attached hydrogen (secondary N) is 2. The number of nitrogen functional groups attached to an aromatic ring is 1. The standard InChI is InChI=1S/C53H66N10O5/c1-7-34-14-16-35(17-15-34)32(2)58-48(65)43-12-10-21-63(43)49(66)46(52(4,5)6)68-51(67)61-30-53(31-61)26-38(27-53)60-22-18-36(19-23-60)37-28-56-50(57-29-37)62-24-20-42-45(33(62)3)40(47(55)59-42)25-41(54)39-11-8-9-13-44(39)64/h1,8-9,11,13-17,25,28-29,32-33,36,38,43,46,59,64H,10,12,18-24,26-27,30-31,54-55H2,2-6H3,(H,58,65)/b41-25-. The van der Waals surface area contributed by atoms with Crippen molar-refractivity contribution in [3.8, 4) is 18.1 Å². The Morgan fingerprint density at radius 1 is 1.01 bits per heavy atom. The summed E-state index contributed by atoms with van der Waals surface area (Å²) in [5, 5.41) is 13.5. The zero-order valence-corrected chi connectivity index (χ0v) is 40.0. The maximum Gasteiger partial charge on any atom is 0.410 e. The molecule has 5 aliphatic rings. The summed E-state index contributed by atoms with van der Waals surface area (Å²) in [5.41, 5.74) is 19.2. The number of fused-ring (bicyclic) bond motifs is 1. The number of phenols is 1. The molecule has 6 heterocycles. The number of aromatic amines is 1. The highest BCUT2D eigenvalue weighted by atomic mass is 16.6. The number of piperidine rings is 1. The van der Waals surface area contributed by atoms with Crippen LogP contribution in [0.1, 0.15) is 130 Å². The van der Waals surface area contributed by atoms with Crippen LogP contribution in [0.2, 0.25) is 0 Å². The van der Waals surface area contributed by atoms with Gasteiger partial charge in [-0.3, -0.25) is 9.59 Å². The number of H-pyrrole nitrogens is 1. The third kappa shape index (κ3) is 9.10. The molecule has 9 rings (SSSR count). The highest BCUT2D eigenvalue weighted by Crippen LogP contribution is 2.51. The lowest BCUT2D eigenvalue weighted by molar-refractivity contribution is -0.153. The van der Waals surface area contributed by atoms with Crippen LogP contribution in [0.25, 0.3) is 11.8 Å². The molecule has 7 N–H and O–H groups in total. The third-order valence-electron chi connectivity index (χ3n) is 15.3. The van der Waals surface area contributed by atoms with Crippen LogP contribution < -0.4 is 21.7 Å². The van der Waals surface area contributed by atoms with Crippen molar-refractivity contribution >= 4 is 41.4 Å². The van der Waals surface area contributed by atoms with E-state index in [1.807, 2.05) is 76.5 Å². The fourth-order valence-corrected chi connectivity index (χ4v) is 11.4. The number of hydrogen-bond acceptors (Lipinski definition) is 11. The molecular weight excluding hydrogens is 857 g/mol. The van der Waals surface area contributed by atoms with Crippen molar-refractivity contribution in [2.45, 2.75) is 116 Å². The van der Waals surface area contributed by atoms with Crippen LogP contribution in [0.4, 0.5) is 16.6 Å². The molecule has 4 fully saturated rings. The van der Waals surface area contributed by atoms with E-state index < -0.39 is 23.7 Å². The fraction of sp³-hybridized carbons (Fsp3) is 0.491. The average Bonchev–Trinajstić information content (AvgIpc) is 3.92. The fourth-order valence-electron chi connectivity index (χ4n) is 11.4. The average molecular weight is 923 g/mol. The van der Waals surface area contributed by atoms with Crippen LogP contribution in [0, 0.1) is 23.2 Å². The number of amides is 3. The van der Waals surface area contributed by atoms with Gasteiger partial charge in [0.05, 0.1) is 12.1 Å². The number of benzene rings is 2. The number of terminal acetylenes is 1. The number of phenolic OH excluding ortho intramolecular Hbond substituents is 1. The first-order valence-corrected chi connectivity index (χ1v) is 24.2. The summed E-state index contributed by atoms with van der Waals surface area (Å²) in [7, 11) is 0. The smallest absolute Gasteiger partial charge is 0.410 e. The van der Waals surface area contributed by atoms with Crippen molar-refractivity contribution in [2.24, 2.45) is 16.6 Å². The second-order valence-electron chi connectivity index (χ2n) is 20.9. The molecule has 4 aliphatic heterocycles. The van der Waals surface area contributed by atoms with Crippen LogP contribution in [-0.4, -0.2) is 110 Å². The number of aromatic nitrogens is 3. The maximum atomic E-state index is 14.1. The van der Waals surface area contributed by atoms with E-state index in [0.717, 1.165) is 85.2 Å². The first-order chi connectivity index (χ1) is 32.5. The number of likely N-dealkylation sites (tertiary alicyclic amines) is 3. The quantitative estimate of drug-likeness (QED) is 0.106. The molecule has 2 aromatic carbocycles. The van der Waals surface area contributed by atoms with Gasteiger partial charge >= 0.3 is 6.09 Å². The first-order valence-electron chi connectivity index (χ1n) is 24.2. The Morgan fingerprint density at radius 2 is 1.71 bits per heavy atom. The lowest BCUT2D eigenvalue weighted by atomic mass is 9.60. The second-order valence-corrected chi connectivity index (χ2v) is 20.9. The predicted molar refractivity (Wildman–Crippen MR) is 263 cm³/mol. The zero-order chi connectivity index (χ0) is 48.1. The van der Waals surface area contributed by atoms with Crippen molar-refractivity contribution in [1.29, 1.82) is 0 Å². The highest BCUT2D eigenvalue weighted by molar-refractivity contribution is 5.91. The maximum absolute atomic E-state index is 14.1. The Kier molecular flexibility index (Phi) is 12.7. The molecule has 1 aliphatic carbocycles. The molecule has 2 aromatic heterocycles. The molecule has 358 valence electrons. The molecular formula is C53H66N10O5. The van der Waals surface area contributed by atoms with E-state index in [1.54, 1.807) is 28.0 Å². The second kappa shape index (κ2) is 18.5. The molecule has 1 spiro atoms. The monoisotopic (exact) mass is 923 g/mol. The van der Waals surface area contributed by atoms with Crippen molar-refractivity contribution in [3.63, 3.8) is 0 Å². The molecule has 15 heteroatoms. The Hall–Kier alpha value is -6.53. The molecule has 0 bridgehead atoms. The number of nitrogens with two attached hydrogens (primary N) is 2. The van der Waals surface area contributed by atoms with Gasteiger partial charge in [-0.25, -0.2) is 14.8 Å². The van der Waals surface area contributed by atoms with E-state index >= 15 is 0 Å². The van der Waals surface area contributed by atoms with Crippen LogP contribution in [0.5, 0.6) is 5.75 Å². The Morgan fingerprint density at radius 3 is 2.37 bits per heavy atom. The van der Waals surface area contributed by atoms with Crippen molar-refractivity contribution in [2.75, 3.05) is 49.9 Å². The molecule has 15 nitrogen and oxygen atoms in total. The van der Waals surface area contributed by atoms with E-state index in [9.17, 15) is 19.5 Å². The van der Waals surface area contributed by atoms with Gasteiger partial charge in [0.2, 0.25) is 11.9 Å². The van der Waals surface area contributed by atoms with Gasteiger partial charge in [0.1, 0.15) is 17.6 Å². The molecule has 4 aromatic rings. The van der Waals surface area contributed by atoms with E-state index in [-0.39, 0.29) is 35.1 Å². The molecule has 1 saturated carbocycles. The number of carbonyl (C=O) groups is 3. The van der Waals surface area contributed by atoms with Gasteiger partial charge in [-0.1, -0.05) is 51.0 Å². The summed E-state index contributed by atoms with van der Waals surface area (Å²) < 4.78 is 6.05. The summed E-state index contributed by atoms with van der Waals surface area (Å²) in [6, 6.07) is 14.0. The van der Waals surface area contributed by atoms with Gasteiger partial charge in [0.25, 0.3) is 5.91 Å². The molecule has 4 atom stereocenters. The van der Waals surface area contributed by atoms with E-state index in [2.05, 4.69) is 32.9 Å². The van der Waals surface area contributed by atoms with Gasteiger partial charge in [0.15, 0.2) is 6.10 Å². The topological polar surface area (TPSA) is 199 Å². The number of ether oxygens (including phenoxy) is 1. The molecule has 0 radical (unpaired) electrons. The summed E-state index contributed by atoms with van der Waals surface area (Å²) in [6.07, 6.45) is 16.0. The third-order valence-corrected chi connectivity index (χ3v) is 15.3. The molecule has 3 amide bonds. The van der Waals surface area contributed by atoms with Crippen LogP contribution >= 0.6 is 0 Å². The molecule has 3 saturated heterocycles. The van der Waals surface area contributed by atoms with Gasteiger partial charge in [0, 0.05) is 95.5 Å². The number of aromatic hydroxyl groups is 1. The van der Waals surface area contributed by atoms with Crippen molar-refractivity contribution < 1.29 is 24.2 Å². The summed E-state index contributed by atoms with van der Waals surface area (Å²) in [5.74, 6) is 3.80. The number of rotatable bonds is 10. The van der Waals surface area contributed by atoms with Gasteiger partial charge < -0.3 is 51.2 Å². The normalized spacial score (nSPS) is 21.9. The number of hydrogen-bond donors (Lipinski definition) is 5. The van der Waals surface area contributed by atoms with Gasteiger partial charge in [-0.2, -0.15) is 0 Å². The summed E-state index contributed by atoms with van der Waals surface area (Å²) in [6.45, 7) is 14.2. The number of nitrogens with zero attached hydrogens (tertiary/aromatic N) is 6. The lowest BCUT2D eigenvalue weighted by Crippen LogP contribution is -2.68. The molecule has 4 unspecified atom stereocenters. The van der Waals surface area contributed by atoms with Crippen LogP contribution in [0.3, 0.4) is 0 Å². The van der Waals surface area contributed by atoms with Gasteiger partial charge in [-0.05, 0) is 113 Å². The first kappa shape index (κ1) is 46.6. The van der Waals surface area contributed by atoms with Gasteiger partial charge in [-0.15, -0.1) is 6.42 Å². The lowest BCUT2D eigenvalue weighted by Gasteiger charge is -2.61. The van der Waals surface area contributed by atoms with Crippen molar-refractivity contribution in [3.05, 3.63) is 100.0 Å². The van der Waals surface area contributed by atoms with E-state index in [1.165, 1.54) is 0 Å². The predicted octanol–water partition coefficient (Wildman–Crippen LogP) is 6.72. The van der Waals surface area contributed by atoms with Crippen LogP contribution in [0.15, 0.2) is 60.9 Å². The Bertz CT molecular complexity index is 2590. The highest BCUT2D eigenvalue weighted by Gasteiger charge is 2.56.